The van der Waals surface area contributed by atoms with E-state index in [1.165, 1.54) is 38.5 Å². The minimum atomic E-state index is 0.461. The molecule has 1 rings (SSSR count). The van der Waals surface area contributed by atoms with Gasteiger partial charge in [0.05, 0.1) is 6.10 Å². The minimum absolute atomic E-state index is 0.461. The normalized spacial score (nSPS) is 26.9. The quantitative estimate of drug-likeness (QED) is 0.332. The largest absolute Gasteiger partial charge is 0.365 e. The van der Waals surface area contributed by atoms with Crippen molar-refractivity contribution in [2.45, 2.75) is 64.6 Å². The summed E-state index contributed by atoms with van der Waals surface area (Å²) in [6.07, 6.45) is 13.2. The van der Waals surface area contributed by atoms with Gasteiger partial charge in [0.2, 0.25) is 0 Å². The molecule has 1 aliphatic rings. The third-order valence-corrected chi connectivity index (χ3v) is 2.51. The number of rotatable bonds is 7. The van der Waals surface area contributed by atoms with Crippen LogP contribution in [0.2, 0.25) is 0 Å². The molecule has 0 aromatic rings. The van der Waals surface area contributed by atoms with Gasteiger partial charge in [-0.1, -0.05) is 51.7 Å². The Labute approximate surface area is 82.2 Å². The monoisotopic (exact) mass is 182 g/mol. The predicted molar refractivity (Wildman–Crippen MR) is 56.9 cm³/mol. The molecule has 1 heteroatoms. The topological polar surface area (TPSA) is 12.5 Å². The van der Waals surface area contributed by atoms with E-state index in [0.29, 0.717) is 12.2 Å². The molecule has 76 valence electrons. The third-order valence-electron chi connectivity index (χ3n) is 2.51. The summed E-state index contributed by atoms with van der Waals surface area (Å²) >= 11 is 0. The fraction of sp³-hybridized carbons (Fsp3) is 0.833. The summed E-state index contributed by atoms with van der Waals surface area (Å²) in [7, 11) is 0. The zero-order valence-electron chi connectivity index (χ0n) is 8.96. The number of hydrogen-bond donors (Lipinski definition) is 0. The predicted octanol–water partition coefficient (Wildman–Crippen LogP) is 3.69. The zero-order valence-corrected chi connectivity index (χ0v) is 8.96. The van der Waals surface area contributed by atoms with Crippen LogP contribution in [0.5, 0.6) is 0 Å². The van der Waals surface area contributed by atoms with Crippen molar-refractivity contribution in [1.29, 1.82) is 0 Å². The van der Waals surface area contributed by atoms with E-state index in [1.54, 1.807) is 0 Å². The molecular weight excluding hydrogens is 160 g/mol. The van der Waals surface area contributed by atoms with Crippen molar-refractivity contribution in [2.24, 2.45) is 0 Å². The summed E-state index contributed by atoms with van der Waals surface area (Å²) in [5.74, 6) is 0. The van der Waals surface area contributed by atoms with Gasteiger partial charge in [0.25, 0.3) is 0 Å². The van der Waals surface area contributed by atoms with Crippen LogP contribution in [0.3, 0.4) is 0 Å². The van der Waals surface area contributed by atoms with Crippen LogP contribution in [-0.2, 0) is 4.74 Å². The van der Waals surface area contributed by atoms with Gasteiger partial charge >= 0.3 is 0 Å². The molecule has 1 fully saturated rings. The fourth-order valence-corrected chi connectivity index (χ4v) is 1.52. The molecule has 0 spiro atoms. The van der Waals surface area contributed by atoms with Crippen LogP contribution in [0.25, 0.3) is 0 Å². The number of unbranched alkanes of at least 4 members (excludes halogenated alkanes) is 3. The lowest BCUT2D eigenvalue weighted by Gasteiger charge is -1.89. The van der Waals surface area contributed by atoms with E-state index in [1.807, 2.05) is 0 Å². The first-order valence-electron chi connectivity index (χ1n) is 5.70. The number of epoxide rings is 1. The first kappa shape index (κ1) is 10.8. The molecule has 0 aromatic heterocycles. The van der Waals surface area contributed by atoms with E-state index in [0.717, 1.165) is 0 Å². The van der Waals surface area contributed by atoms with Gasteiger partial charge in [0.15, 0.2) is 0 Å². The fourth-order valence-electron chi connectivity index (χ4n) is 1.52. The molecule has 0 aliphatic carbocycles. The lowest BCUT2D eigenvalue weighted by molar-refractivity contribution is 0.375. The van der Waals surface area contributed by atoms with E-state index in [4.69, 9.17) is 4.74 Å². The van der Waals surface area contributed by atoms with E-state index < -0.39 is 0 Å². The maximum Gasteiger partial charge on any atom is 0.102 e. The molecule has 1 saturated heterocycles. The number of hydrogen-bond acceptors (Lipinski definition) is 1. The first-order chi connectivity index (χ1) is 6.38. The lowest BCUT2D eigenvalue weighted by Crippen LogP contribution is -1.89. The van der Waals surface area contributed by atoms with Gasteiger partial charge in [-0.05, 0) is 12.8 Å². The highest BCUT2D eigenvalue weighted by atomic mass is 16.6. The van der Waals surface area contributed by atoms with Crippen molar-refractivity contribution in [3.05, 3.63) is 12.2 Å². The van der Waals surface area contributed by atoms with E-state index in [-0.39, 0.29) is 0 Å². The van der Waals surface area contributed by atoms with Gasteiger partial charge in [0.1, 0.15) is 6.10 Å². The van der Waals surface area contributed by atoms with Crippen molar-refractivity contribution < 1.29 is 4.74 Å². The maximum absolute atomic E-state index is 5.51. The second-order valence-corrected chi connectivity index (χ2v) is 3.85. The van der Waals surface area contributed by atoms with Crippen LogP contribution in [0.1, 0.15) is 52.4 Å². The molecule has 0 radical (unpaired) electrons. The van der Waals surface area contributed by atoms with Crippen LogP contribution >= 0.6 is 0 Å². The summed E-state index contributed by atoms with van der Waals surface area (Å²) in [4.78, 5) is 0. The third kappa shape index (κ3) is 4.47. The van der Waals surface area contributed by atoms with Crippen molar-refractivity contribution in [2.75, 3.05) is 0 Å². The molecule has 0 aromatic carbocycles. The standard InChI is InChI=1S/C12H22O/c1-3-5-7-8-10-12-11(13-12)9-6-4-2/h8,10-12H,3-7,9H2,1-2H3/b10-8+. The molecule has 1 nitrogen and oxygen atoms in total. The van der Waals surface area contributed by atoms with Crippen molar-refractivity contribution in [1.82, 2.24) is 0 Å². The minimum Gasteiger partial charge on any atom is -0.365 e. The highest BCUT2D eigenvalue weighted by Crippen LogP contribution is 2.28. The van der Waals surface area contributed by atoms with Gasteiger partial charge in [-0.15, -0.1) is 0 Å². The zero-order chi connectivity index (χ0) is 9.52. The Kier molecular flexibility index (Phi) is 5.14. The SMILES string of the molecule is CCCC/C=C/C1OC1CCCC. The van der Waals surface area contributed by atoms with Crippen LogP contribution in [0.4, 0.5) is 0 Å². The van der Waals surface area contributed by atoms with Crippen molar-refractivity contribution in [3.63, 3.8) is 0 Å². The average molecular weight is 182 g/mol. The molecule has 2 unspecified atom stereocenters. The van der Waals surface area contributed by atoms with Crippen molar-refractivity contribution >= 4 is 0 Å². The van der Waals surface area contributed by atoms with Crippen LogP contribution in [0, 0.1) is 0 Å². The van der Waals surface area contributed by atoms with E-state index in [9.17, 15) is 0 Å². The van der Waals surface area contributed by atoms with Gasteiger partial charge in [-0.2, -0.15) is 0 Å². The molecule has 2 atom stereocenters. The summed E-state index contributed by atoms with van der Waals surface area (Å²) in [6, 6.07) is 0. The Morgan fingerprint density at radius 1 is 1.15 bits per heavy atom. The molecule has 1 heterocycles. The van der Waals surface area contributed by atoms with Crippen LogP contribution < -0.4 is 0 Å². The number of allylic oxidation sites excluding steroid dienone is 1. The first-order valence-corrected chi connectivity index (χ1v) is 5.70. The maximum atomic E-state index is 5.51. The summed E-state index contributed by atoms with van der Waals surface area (Å²) in [5, 5.41) is 0. The average Bonchev–Trinajstić information content (AvgIpc) is 2.88. The molecule has 0 N–H and O–H groups in total. The smallest absolute Gasteiger partial charge is 0.102 e. The molecule has 0 amide bonds. The highest BCUT2D eigenvalue weighted by molar-refractivity contribution is 5.02. The second kappa shape index (κ2) is 6.20. The Bertz CT molecular complexity index is 151. The van der Waals surface area contributed by atoms with Gasteiger partial charge < -0.3 is 4.74 Å². The van der Waals surface area contributed by atoms with Crippen LogP contribution in [-0.4, -0.2) is 12.2 Å². The summed E-state index contributed by atoms with van der Waals surface area (Å²) in [5.41, 5.74) is 0. The second-order valence-electron chi connectivity index (χ2n) is 3.85. The van der Waals surface area contributed by atoms with Crippen molar-refractivity contribution in [3.8, 4) is 0 Å². The van der Waals surface area contributed by atoms with Crippen LogP contribution in [0.15, 0.2) is 12.2 Å². The molecule has 0 bridgehead atoms. The summed E-state index contributed by atoms with van der Waals surface area (Å²) in [6.45, 7) is 4.46. The molecule has 0 saturated carbocycles. The van der Waals surface area contributed by atoms with Gasteiger partial charge in [0, 0.05) is 0 Å². The van der Waals surface area contributed by atoms with E-state index >= 15 is 0 Å². The Balaban J connectivity index is 1.96. The molecular formula is C12H22O. The molecule has 13 heavy (non-hydrogen) atoms. The van der Waals surface area contributed by atoms with Gasteiger partial charge in [-0.3, -0.25) is 0 Å². The lowest BCUT2D eigenvalue weighted by atomic mass is 10.1. The Hall–Kier alpha value is -0.300. The number of ether oxygens (including phenoxy) is 1. The Morgan fingerprint density at radius 3 is 2.62 bits per heavy atom. The Morgan fingerprint density at radius 2 is 1.92 bits per heavy atom. The highest BCUT2D eigenvalue weighted by Gasteiger charge is 2.34. The van der Waals surface area contributed by atoms with Gasteiger partial charge in [-0.25, -0.2) is 0 Å². The van der Waals surface area contributed by atoms with E-state index in [2.05, 4.69) is 26.0 Å². The molecule has 1 aliphatic heterocycles. The summed E-state index contributed by atoms with van der Waals surface area (Å²) < 4.78 is 5.51.